The van der Waals surface area contributed by atoms with E-state index in [2.05, 4.69) is 0 Å². The van der Waals surface area contributed by atoms with Gasteiger partial charge in [0.1, 0.15) is 6.29 Å². The zero-order chi connectivity index (χ0) is 6.62. The summed E-state index contributed by atoms with van der Waals surface area (Å²) in [7, 11) is 0. The van der Waals surface area contributed by atoms with Gasteiger partial charge >= 0.3 is 0 Å². The van der Waals surface area contributed by atoms with Crippen LogP contribution < -0.4 is 5.73 Å². The third-order valence-electron chi connectivity index (χ3n) is 1.36. The first-order valence-electron chi connectivity index (χ1n) is 2.85. The van der Waals surface area contributed by atoms with Crippen LogP contribution in [-0.4, -0.2) is 11.8 Å². The second kappa shape index (κ2) is 4.77. The number of hydrogen-bond donors (Lipinski definition) is 1. The lowest BCUT2D eigenvalue weighted by Gasteiger charge is -2.18. The molecule has 0 heterocycles. The first-order chi connectivity index (χ1) is 3.62. The summed E-state index contributed by atoms with van der Waals surface area (Å²) in [6.45, 7) is 3.85. The van der Waals surface area contributed by atoms with Gasteiger partial charge in [-0.3, -0.25) is 0 Å². The van der Waals surface area contributed by atoms with Gasteiger partial charge < -0.3 is 10.5 Å². The summed E-state index contributed by atoms with van der Waals surface area (Å²) in [5.41, 5.74) is 5.32. The van der Waals surface area contributed by atoms with Crippen molar-refractivity contribution in [3.63, 3.8) is 0 Å². The van der Waals surface area contributed by atoms with Gasteiger partial charge in [0.2, 0.25) is 0 Å². The SMILES string of the molecule is CCC(C)(N)CC=O.Cl. The van der Waals surface area contributed by atoms with Gasteiger partial charge in [-0.2, -0.15) is 0 Å². The van der Waals surface area contributed by atoms with Gasteiger partial charge in [0.05, 0.1) is 0 Å². The summed E-state index contributed by atoms with van der Waals surface area (Å²) in [5.74, 6) is 0. The fourth-order valence-electron chi connectivity index (χ4n) is 0.335. The van der Waals surface area contributed by atoms with Gasteiger partial charge in [0.15, 0.2) is 0 Å². The van der Waals surface area contributed by atoms with Crippen molar-refractivity contribution in [3.05, 3.63) is 0 Å². The van der Waals surface area contributed by atoms with Crippen LogP contribution >= 0.6 is 12.4 Å². The van der Waals surface area contributed by atoms with Crippen molar-refractivity contribution in [1.29, 1.82) is 0 Å². The number of carbonyl (C=O) groups excluding carboxylic acids is 1. The quantitative estimate of drug-likeness (QED) is 0.615. The average Bonchev–Trinajstić information content (AvgIpc) is 1.67. The van der Waals surface area contributed by atoms with Crippen LogP contribution in [0.2, 0.25) is 0 Å². The van der Waals surface area contributed by atoms with Crippen molar-refractivity contribution >= 4 is 18.7 Å². The van der Waals surface area contributed by atoms with E-state index in [0.717, 1.165) is 12.7 Å². The van der Waals surface area contributed by atoms with Crippen LogP contribution in [0.5, 0.6) is 0 Å². The van der Waals surface area contributed by atoms with E-state index in [-0.39, 0.29) is 17.9 Å². The average molecular weight is 152 g/mol. The number of nitrogens with two attached hydrogens (primary N) is 1. The van der Waals surface area contributed by atoms with Gasteiger partial charge in [0, 0.05) is 12.0 Å². The van der Waals surface area contributed by atoms with Gasteiger partial charge in [-0.1, -0.05) is 6.92 Å². The Hall–Kier alpha value is -0.0800. The molecule has 3 heteroatoms. The minimum atomic E-state index is -0.276. The molecule has 0 aromatic heterocycles. The Balaban J connectivity index is 0. The summed E-state index contributed by atoms with van der Waals surface area (Å²) >= 11 is 0. The van der Waals surface area contributed by atoms with Crippen LogP contribution in [0.1, 0.15) is 26.7 Å². The van der Waals surface area contributed by atoms with Gasteiger partial charge in [0.25, 0.3) is 0 Å². The Labute approximate surface area is 62.2 Å². The van der Waals surface area contributed by atoms with Crippen LogP contribution in [0.4, 0.5) is 0 Å². The fraction of sp³-hybridized carbons (Fsp3) is 0.833. The molecule has 0 bridgehead atoms. The summed E-state index contributed by atoms with van der Waals surface area (Å²) in [5, 5.41) is 0. The molecule has 0 amide bonds. The Kier molecular flexibility index (Phi) is 6.19. The van der Waals surface area contributed by atoms with Gasteiger partial charge in [-0.15, -0.1) is 12.4 Å². The zero-order valence-electron chi connectivity index (χ0n) is 5.89. The molecule has 0 aliphatic heterocycles. The van der Waals surface area contributed by atoms with Crippen molar-refractivity contribution in [1.82, 2.24) is 0 Å². The number of rotatable bonds is 3. The number of carbonyl (C=O) groups is 1. The normalized spacial score (nSPS) is 15.4. The van der Waals surface area contributed by atoms with E-state index in [0.29, 0.717) is 6.42 Å². The van der Waals surface area contributed by atoms with Crippen LogP contribution in [-0.2, 0) is 4.79 Å². The van der Waals surface area contributed by atoms with E-state index < -0.39 is 0 Å². The van der Waals surface area contributed by atoms with E-state index >= 15 is 0 Å². The summed E-state index contributed by atoms with van der Waals surface area (Å²) in [6.07, 6.45) is 2.18. The van der Waals surface area contributed by atoms with Crippen LogP contribution in [0, 0.1) is 0 Å². The van der Waals surface area contributed by atoms with Crippen molar-refractivity contribution in [3.8, 4) is 0 Å². The molecule has 9 heavy (non-hydrogen) atoms. The smallest absolute Gasteiger partial charge is 0.121 e. The molecule has 0 radical (unpaired) electrons. The first-order valence-corrected chi connectivity index (χ1v) is 2.85. The van der Waals surface area contributed by atoms with E-state index in [1.165, 1.54) is 0 Å². The molecule has 1 atom stereocenters. The largest absolute Gasteiger partial charge is 0.325 e. The van der Waals surface area contributed by atoms with E-state index in [1.807, 2.05) is 13.8 Å². The second-order valence-corrected chi connectivity index (χ2v) is 2.38. The van der Waals surface area contributed by atoms with Crippen molar-refractivity contribution < 1.29 is 4.79 Å². The molecule has 0 rings (SSSR count). The van der Waals surface area contributed by atoms with Crippen LogP contribution in [0.15, 0.2) is 0 Å². The molecule has 0 fully saturated rings. The standard InChI is InChI=1S/C6H13NO.ClH/c1-3-6(2,7)4-5-8;/h5H,3-4,7H2,1-2H3;1H. The molecular weight excluding hydrogens is 138 g/mol. The van der Waals surface area contributed by atoms with Crippen LogP contribution in [0.25, 0.3) is 0 Å². The maximum Gasteiger partial charge on any atom is 0.121 e. The highest BCUT2D eigenvalue weighted by Crippen LogP contribution is 2.06. The van der Waals surface area contributed by atoms with Gasteiger partial charge in [-0.05, 0) is 13.3 Å². The van der Waals surface area contributed by atoms with Crippen molar-refractivity contribution in [2.24, 2.45) is 5.73 Å². The molecule has 0 aromatic carbocycles. The monoisotopic (exact) mass is 151 g/mol. The van der Waals surface area contributed by atoms with E-state index in [9.17, 15) is 4.79 Å². The molecule has 0 saturated carbocycles. The molecule has 0 aliphatic carbocycles. The molecule has 2 N–H and O–H groups in total. The Bertz CT molecular complexity index is 83.1. The topological polar surface area (TPSA) is 43.1 Å². The third-order valence-corrected chi connectivity index (χ3v) is 1.36. The van der Waals surface area contributed by atoms with Crippen molar-refractivity contribution in [2.45, 2.75) is 32.2 Å². The number of halogens is 1. The molecular formula is C6H14ClNO. The maximum atomic E-state index is 9.90. The number of hydrogen-bond acceptors (Lipinski definition) is 2. The minimum Gasteiger partial charge on any atom is -0.325 e. The molecule has 0 aromatic rings. The maximum absolute atomic E-state index is 9.90. The lowest BCUT2D eigenvalue weighted by atomic mass is 9.97. The highest BCUT2D eigenvalue weighted by atomic mass is 35.5. The molecule has 1 unspecified atom stereocenters. The molecule has 0 aliphatic rings. The summed E-state index contributed by atoms with van der Waals surface area (Å²) in [4.78, 5) is 9.90. The highest BCUT2D eigenvalue weighted by molar-refractivity contribution is 5.85. The fourth-order valence-corrected chi connectivity index (χ4v) is 0.335. The molecule has 0 saturated heterocycles. The van der Waals surface area contributed by atoms with Crippen LogP contribution in [0.3, 0.4) is 0 Å². The molecule has 56 valence electrons. The second-order valence-electron chi connectivity index (χ2n) is 2.38. The van der Waals surface area contributed by atoms with E-state index in [4.69, 9.17) is 5.73 Å². The Morgan fingerprint density at radius 1 is 1.67 bits per heavy atom. The summed E-state index contributed by atoms with van der Waals surface area (Å²) in [6, 6.07) is 0. The zero-order valence-corrected chi connectivity index (χ0v) is 6.70. The lowest BCUT2D eigenvalue weighted by molar-refractivity contribution is -0.108. The first kappa shape index (κ1) is 11.7. The van der Waals surface area contributed by atoms with Gasteiger partial charge in [-0.25, -0.2) is 0 Å². The minimum absolute atomic E-state index is 0. The molecule has 2 nitrogen and oxygen atoms in total. The number of aldehydes is 1. The predicted octanol–water partition coefficient (Wildman–Crippen LogP) is 1.12. The summed E-state index contributed by atoms with van der Waals surface area (Å²) < 4.78 is 0. The molecule has 0 spiro atoms. The van der Waals surface area contributed by atoms with E-state index in [1.54, 1.807) is 0 Å². The predicted molar refractivity (Wildman–Crippen MR) is 40.8 cm³/mol. The Morgan fingerprint density at radius 2 is 2.11 bits per heavy atom. The lowest BCUT2D eigenvalue weighted by Crippen LogP contribution is -2.35. The highest BCUT2D eigenvalue weighted by Gasteiger charge is 2.13. The Morgan fingerprint density at radius 3 is 2.22 bits per heavy atom. The van der Waals surface area contributed by atoms with Crippen molar-refractivity contribution in [2.75, 3.05) is 0 Å². The third kappa shape index (κ3) is 5.80.